The highest BCUT2D eigenvalue weighted by molar-refractivity contribution is 5.91. The Morgan fingerprint density at radius 1 is 0.885 bits per heavy atom. The number of hydrazine groups is 1. The number of amides is 1. The Morgan fingerprint density at radius 3 is 1.77 bits per heavy atom. The molecule has 3 rings (SSSR count). The molecular weight excluding hydrogens is 332 g/mol. The number of nitrogen functional groups attached to an aromatic ring is 1. The first-order valence-corrected chi connectivity index (χ1v) is 7.84. The van der Waals surface area contributed by atoms with Crippen LogP contribution in [0.1, 0.15) is 10.6 Å². The van der Waals surface area contributed by atoms with Gasteiger partial charge in [-0.1, -0.05) is 24.3 Å². The van der Waals surface area contributed by atoms with E-state index in [0.29, 0.717) is 22.9 Å². The number of carbonyl (C=O) groups excluding carboxylic acids is 1. The van der Waals surface area contributed by atoms with Gasteiger partial charge in [0, 0.05) is 11.1 Å². The second kappa shape index (κ2) is 7.62. The van der Waals surface area contributed by atoms with Gasteiger partial charge in [0.25, 0.3) is 0 Å². The number of carbonyl (C=O) groups is 1. The SMILES string of the molecule is COc1ccccc1-c1cc(-c2ccccc2OC)nc(C(=O)NN)n1. The Hall–Kier alpha value is -3.45. The summed E-state index contributed by atoms with van der Waals surface area (Å²) in [6.45, 7) is 0. The van der Waals surface area contributed by atoms with E-state index < -0.39 is 5.91 Å². The van der Waals surface area contributed by atoms with Gasteiger partial charge >= 0.3 is 5.91 Å². The van der Waals surface area contributed by atoms with Crippen molar-refractivity contribution in [3.05, 3.63) is 60.4 Å². The van der Waals surface area contributed by atoms with Crippen molar-refractivity contribution >= 4 is 5.91 Å². The van der Waals surface area contributed by atoms with E-state index in [1.165, 1.54) is 0 Å². The molecule has 0 spiro atoms. The summed E-state index contributed by atoms with van der Waals surface area (Å²) in [5.41, 5.74) is 4.62. The van der Waals surface area contributed by atoms with Crippen LogP contribution in [0, 0.1) is 0 Å². The summed E-state index contributed by atoms with van der Waals surface area (Å²) in [7, 11) is 3.16. The summed E-state index contributed by atoms with van der Waals surface area (Å²) >= 11 is 0. The van der Waals surface area contributed by atoms with Crippen LogP contribution in [-0.2, 0) is 0 Å². The average Bonchev–Trinajstić information content (AvgIpc) is 2.72. The number of benzene rings is 2. The minimum Gasteiger partial charge on any atom is -0.496 e. The van der Waals surface area contributed by atoms with Crippen molar-refractivity contribution in [2.24, 2.45) is 5.84 Å². The maximum Gasteiger partial charge on any atom is 0.302 e. The summed E-state index contributed by atoms with van der Waals surface area (Å²) in [6.07, 6.45) is 0. The molecule has 0 atom stereocenters. The lowest BCUT2D eigenvalue weighted by atomic mass is 10.1. The molecule has 132 valence electrons. The maximum atomic E-state index is 12.1. The molecule has 3 N–H and O–H groups in total. The number of ether oxygens (including phenoxy) is 2. The average molecular weight is 350 g/mol. The normalized spacial score (nSPS) is 10.3. The first-order chi connectivity index (χ1) is 12.7. The molecule has 7 nitrogen and oxygen atoms in total. The van der Waals surface area contributed by atoms with E-state index in [2.05, 4.69) is 15.4 Å². The molecule has 7 heteroatoms. The van der Waals surface area contributed by atoms with Gasteiger partial charge in [-0.05, 0) is 30.3 Å². The molecule has 2 aromatic carbocycles. The van der Waals surface area contributed by atoms with E-state index in [9.17, 15) is 4.79 Å². The third kappa shape index (κ3) is 3.33. The molecule has 0 saturated carbocycles. The zero-order chi connectivity index (χ0) is 18.5. The van der Waals surface area contributed by atoms with Crippen molar-refractivity contribution in [3.63, 3.8) is 0 Å². The van der Waals surface area contributed by atoms with Crippen LogP contribution >= 0.6 is 0 Å². The highest BCUT2D eigenvalue weighted by atomic mass is 16.5. The Labute approximate surface area is 150 Å². The van der Waals surface area contributed by atoms with Gasteiger partial charge < -0.3 is 9.47 Å². The number of rotatable bonds is 5. The Bertz CT molecular complexity index is 878. The number of nitrogens with two attached hydrogens (primary N) is 1. The van der Waals surface area contributed by atoms with Crippen molar-refractivity contribution in [2.45, 2.75) is 0 Å². The number of nitrogens with one attached hydrogen (secondary N) is 1. The third-order valence-electron chi connectivity index (χ3n) is 3.83. The summed E-state index contributed by atoms with van der Waals surface area (Å²) in [6, 6.07) is 16.6. The molecular formula is C19H18N4O3. The highest BCUT2D eigenvalue weighted by Gasteiger charge is 2.17. The molecule has 0 bridgehead atoms. The van der Waals surface area contributed by atoms with E-state index in [1.807, 2.05) is 48.5 Å². The van der Waals surface area contributed by atoms with E-state index in [0.717, 1.165) is 11.1 Å². The first kappa shape index (κ1) is 17.4. The standard InChI is InChI=1S/C19H18N4O3/c1-25-16-9-5-3-7-12(16)14-11-15(22-18(21-14)19(24)23-20)13-8-4-6-10-17(13)26-2/h3-11H,20H2,1-2H3,(H,23,24). The fourth-order valence-electron chi connectivity index (χ4n) is 2.60. The number of methoxy groups -OCH3 is 2. The van der Waals surface area contributed by atoms with Gasteiger partial charge in [0.2, 0.25) is 5.82 Å². The molecule has 0 radical (unpaired) electrons. The smallest absolute Gasteiger partial charge is 0.302 e. The predicted octanol–water partition coefficient (Wildman–Crippen LogP) is 2.43. The lowest BCUT2D eigenvalue weighted by Crippen LogP contribution is -2.31. The summed E-state index contributed by atoms with van der Waals surface area (Å²) in [5, 5.41) is 0. The summed E-state index contributed by atoms with van der Waals surface area (Å²) in [5.74, 6) is 5.91. The van der Waals surface area contributed by atoms with Crippen LogP contribution < -0.4 is 20.7 Å². The fourth-order valence-corrected chi connectivity index (χ4v) is 2.60. The molecule has 0 aliphatic carbocycles. The van der Waals surface area contributed by atoms with Crippen LogP contribution in [0.15, 0.2) is 54.6 Å². The van der Waals surface area contributed by atoms with Gasteiger partial charge in [-0.2, -0.15) is 0 Å². The van der Waals surface area contributed by atoms with Crippen molar-refractivity contribution in [1.82, 2.24) is 15.4 Å². The lowest BCUT2D eigenvalue weighted by Gasteiger charge is -2.12. The highest BCUT2D eigenvalue weighted by Crippen LogP contribution is 2.33. The number of para-hydroxylation sites is 2. The number of hydrogen-bond donors (Lipinski definition) is 2. The van der Waals surface area contributed by atoms with Crippen LogP contribution in [0.5, 0.6) is 11.5 Å². The monoisotopic (exact) mass is 350 g/mol. The van der Waals surface area contributed by atoms with Crippen LogP contribution in [0.2, 0.25) is 0 Å². The molecule has 0 unspecified atom stereocenters. The van der Waals surface area contributed by atoms with Gasteiger partial charge in [0.1, 0.15) is 11.5 Å². The quantitative estimate of drug-likeness (QED) is 0.416. The molecule has 1 aromatic heterocycles. The van der Waals surface area contributed by atoms with Crippen molar-refractivity contribution in [3.8, 4) is 34.0 Å². The molecule has 0 aliphatic rings. The number of hydrogen-bond acceptors (Lipinski definition) is 6. The predicted molar refractivity (Wildman–Crippen MR) is 97.7 cm³/mol. The molecule has 0 fully saturated rings. The van der Waals surface area contributed by atoms with Gasteiger partial charge in [0.15, 0.2) is 0 Å². The van der Waals surface area contributed by atoms with Crippen molar-refractivity contribution in [2.75, 3.05) is 14.2 Å². The summed E-state index contributed by atoms with van der Waals surface area (Å²) in [4.78, 5) is 20.7. The van der Waals surface area contributed by atoms with Gasteiger partial charge in [-0.15, -0.1) is 0 Å². The van der Waals surface area contributed by atoms with Crippen molar-refractivity contribution < 1.29 is 14.3 Å². The largest absolute Gasteiger partial charge is 0.496 e. The molecule has 3 aromatic rings. The fraction of sp³-hybridized carbons (Fsp3) is 0.105. The molecule has 1 amide bonds. The Balaban J connectivity index is 2.24. The van der Waals surface area contributed by atoms with E-state index in [4.69, 9.17) is 15.3 Å². The minimum absolute atomic E-state index is 0.0446. The van der Waals surface area contributed by atoms with Crippen LogP contribution in [0.25, 0.3) is 22.5 Å². The maximum absolute atomic E-state index is 12.1. The van der Waals surface area contributed by atoms with E-state index >= 15 is 0 Å². The zero-order valence-electron chi connectivity index (χ0n) is 14.4. The van der Waals surface area contributed by atoms with Crippen LogP contribution in [0.4, 0.5) is 0 Å². The van der Waals surface area contributed by atoms with Gasteiger partial charge in [0.05, 0.1) is 25.6 Å². The topological polar surface area (TPSA) is 99.4 Å². The Morgan fingerprint density at radius 2 is 1.35 bits per heavy atom. The van der Waals surface area contributed by atoms with E-state index in [-0.39, 0.29) is 5.82 Å². The van der Waals surface area contributed by atoms with Crippen LogP contribution in [0.3, 0.4) is 0 Å². The van der Waals surface area contributed by atoms with Gasteiger partial charge in [-0.3, -0.25) is 10.2 Å². The number of nitrogens with zero attached hydrogens (tertiary/aromatic N) is 2. The van der Waals surface area contributed by atoms with Crippen LogP contribution in [-0.4, -0.2) is 30.1 Å². The van der Waals surface area contributed by atoms with Crippen molar-refractivity contribution in [1.29, 1.82) is 0 Å². The zero-order valence-corrected chi connectivity index (χ0v) is 14.4. The first-order valence-electron chi connectivity index (χ1n) is 7.84. The van der Waals surface area contributed by atoms with E-state index in [1.54, 1.807) is 20.3 Å². The molecule has 0 saturated heterocycles. The third-order valence-corrected chi connectivity index (χ3v) is 3.83. The molecule has 26 heavy (non-hydrogen) atoms. The minimum atomic E-state index is -0.585. The Kier molecular flexibility index (Phi) is 5.09. The second-order valence-electron chi connectivity index (χ2n) is 5.34. The summed E-state index contributed by atoms with van der Waals surface area (Å²) < 4.78 is 10.8. The molecule has 0 aliphatic heterocycles. The second-order valence-corrected chi connectivity index (χ2v) is 5.34. The molecule has 1 heterocycles. The van der Waals surface area contributed by atoms with Gasteiger partial charge in [-0.25, -0.2) is 15.8 Å². The lowest BCUT2D eigenvalue weighted by molar-refractivity contribution is 0.0943. The number of aromatic nitrogens is 2.